The summed E-state index contributed by atoms with van der Waals surface area (Å²) in [6.07, 6.45) is 1.48. The minimum absolute atomic E-state index is 0.0409. The molecular weight excluding hydrogens is 308 g/mol. The predicted octanol–water partition coefficient (Wildman–Crippen LogP) is 2.78. The van der Waals surface area contributed by atoms with E-state index in [4.69, 9.17) is 11.6 Å². The van der Waals surface area contributed by atoms with Crippen molar-refractivity contribution in [2.45, 2.75) is 31.2 Å². The minimum atomic E-state index is -0.754. The number of halogens is 1. The Balaban J connectivity index is 2.19. The third kappa shape index (κ3) is 2.77. The maximum atomic E-state index is 12.8. The first-order valence-electron chi connectivity index (χ1n) is 7.08. The lowest BCUT2D eigenvalue weighted by Crippen LogP contribution is -2.33. The summed E-state index contributed by atoms with van der Waals surface area (Å²) >= 11 is 6.25. The van der Waals surface area contributed by atoms with Gasteiger partial charge in [0.1, 0.15) is 5.82 Å². The van der Waals surface area contributed by atoms with Gasteiger partial charge in [0.15, 0.2) is 0 Å². The van der Waals surface area contributed by atoms with Gasteiger partial charge in [-0.15, -0.1) is 11.6 Å². The van der Waals surface area contributed by atoms with E-state index < -0.39 is 10.8 Å². The molecule has 0 radical (unpaired) electrons. The van der Waals surface area contributed by atoms with Gasteiger partial charge in [-0.2, -0.15) is 0 Å². The Kier molecular flexibility index (Phi) is 4.13. The molecule has 0 spiro atoms. The van der Waals surface area contributed by atoms with Crippen LogP contribution >= 0.6 is 11.6 Å². The van der Waals surface area contributed by atoms with Crippen molar-refractivity contribution in [2.24, 2.45) is 0 Å². The molecule has 6 heteroatoms. The Morgan fingerprint density at radius 2 is 2.00 bits per heavy atom. The highest BCUT2D eigenvalue weighted by Gasteiger charge is 2.25. The van der Waals surface area contributed by atoms with Crippen molar-refractivity contribution in [2.75, 3.05) is 11.5 Å². The van der Waals surface area contributed by atoms with E-state index in [1.54, 1.807) is 10.6 Å². The molecule has 1 saturated heterocycles. The van der Waals surface area contributed by atoms with Crippen LogP contribution in [-0.2, 0) is 10.8 Å². The molecule has 1 aromatic heterocycles. The van der Waals surface area contributed by atoms with Gasteiger partial charge < -0.3 is 0 Å². The Morgan fingerprint density at radius 3 is 2.67 bits per heavy atom. The van der Waals surface area contributed by atoms with E-state index in [0.29, 0.717) is 28.2 Å². The van der Waals surface area contributed by atoms with Crippen LogP contribution in [0, 0.1) is 0 Å². The molecule has 1 aliphatic rings. The van der Waals surface area contributed by atoms with Gasteiger partial charge in [-0.3, -0.25) is 13.6 Å². The average molecular weight is 325 g/mol. The Bertz CT molecular complexity index is 747. The van der Waals surface area contributed by atoms with Crippen LogP contribution < -0.4 is 5.56 Å². The molecule has 2 aromatic rings. The molecule has 0 aliphatic carbocycles. The standard InChI is InChI=1S/C15H17ClN2O2S/c1-10(16)14-17-13-5-3-2-4-12(13)15(19)18(14)11-6-8-21(20)9-7-11/h2-5,10-11H,6-9H2,1H3. The van der Waals surface area contributed by atoms with E-state index in [9.17, 15) is 9.00 Å². The molecular formula is C15H17ClN2O2S. The Morgan fingerprint density at radius 1 is 1.33 bits per heavy atom. The fourth-order valence-electron chi connectivity index (χ4n) is 2.84. The number of rotatable bonds is 2. The van der Waals surface area contributed by atoms with Crippen LogP contribution in [0.5, 0.6) is 0 Å². The highest BCUT2D eigenvalue weighted by molar-refractivity contribution is 7.85. The molecule has 21 heavy (non-hydrogen) atoms. The average Bonchev–Trinajstić information content (AvgIpc) is 2.48. The number of fused-ring (bicyclic) bond motifs is 1. The van der Waals surface area contributed by atoms with Crippen molar-refractivity contribution in [1.82, 2.24) is 9.55 Å². The van der Waals surface area contributed by atoms with E-state index in [2.05, 4.69) is 4.98 Å². The summed E-state index contributed by atoms with van der Waals surface area (Å²) in [5, 5.41) is 0.278. The summed E-state index contributed by atoms with van der Waals surface area (Å²) in [4.78, 5) is 17.4. The van der Waals surface area contributed by atoms with E-state index in [0.717, 1.165) is 12.8 Å². The normalized spacial score (nSPS) is 24.1. The molecule has 1 atom stereocenters. The topological polar surface area (TPSA) is 52.0 Å². The van der Waals surface area contributed by atoms with Crippen molar-refractivity contribution in [3.05, 3.63) is 40.4 Å². The SMILES string of the molecule is CC(Cl)c1nc2ccccc2c(=O)n1C1CCS(=O)CC1. The van der Waals surface area contributed by atoms with Crippen LogP contribution in [0.2, 0.25) is 0 Å². The number of para-hydroxylation sites is 1. The fraction of sp³-hybridized carbons (Fsp3) is 0.467. The van der Waals surface area contributed by atoms with E-state index in [1.165, 1.54) is 0 Å². The molecule has 4 nitrogen and oxygen atoms in total. The zero-order chi connectivity index (χ0) is 15.0. The van der Waals surface area contributed by atoms with Crippen LogP contribution in [0.4, 0.5) is 0 Å². The molecule has 3 rings (SSSR count). The van der Waals surface area contributed by atoms with Gasteiger partial charge in [0.25, 0.3) is 5.56 Å². The van der Waals surface area contributed by atoms with Gasteiger partial charge in [0, 0.05) is 28.3 Å². The molecule has 2 heterocycles. The number of alkyl halides is 1. The van der Waals surface area contributed by atoms with Crippen molar-refractivity contribution < 1.29 is 4.21 Å². The zero-order valence-corrected chi connectivity index (χ0v) is 13.4. The molecule has 1 aromatic carbocycles. The molecule has 1 unspecified atom stereocenters. The monoisotopic (exact) mass is 324 g/mol. The van der Waals surface area contributed by atoms with Crippen LogP contribution in [0.15, 0.2) is 29.1 Å². The van der Waals surface area contributed by atoms with Crippen molar-refractivity contribution >= 4 is 33.3 Å². The zero-order valence-electron chi connectivity index (χ0n) is 11.8. The van der Waals surface area contributed by atoms with Gasteiger partial charge in [-0.25, -0.2) is 4.98 Å². The van der Waals surface area contributed by atoms with Crippen molar-refractivity contribution in [1.29, 1.82) is 0 Å². The first-order chi connectivity index (χ1) is 10.1. The first-order valence-corrected chi connectivity index (χ1v) is 9.00. The quantitative estimate of drug-likeness (QED) is 0.798. The van der Waals surface area contributed by atoms with E-state index in [-0.39, 0.29) is 17.0 Å². The number of benzene rings is 1. The summed E-state index contributed by atoms with van der Waals surface area (Å²) in [7, 11) is -0.754. The molecule has 1 fully saturated rings. The molecule has 0 saturated carbocycles. The first kappa shape index (κ1) is 14.7. The third-order valence-electron chi connectivity index (χ3n) is 3.91. The fourth-order valence-corrected chi connectivity index (χ4v) is 4.26. The summed E-state index contributed by atoms with van der Waals surface area (Å²) in [6.45, 7) is 1.83. The number of hydrogen-bond donors (Lipinski definition) is 0. The summed E-state index contributed by atoms with van der Waals surface area (Å²) in [6, 6.07) is 7.38. The molecule has 0 bridgehead atoms. The largest absolute Gasteiger partial charge is 0.292 e. The van der Waals surface area contributed by atoms with Crippen molar-refractivity contribution in [3.63, 3.8) is 0 Å². The van der Waals surface area contributed by atoms with Gasteiger partial charge in [-0.1, -0.05) is 12.1 Å². The second-order valence-electron chi connectivity index (χ2n) is 5.36. The number of aromatic nitrogens is 2. The number of nitrogens with zero attached hydrogens (tertiary/aromatic N) is 2. The van der Waals surface area contributed by atoms with Gasteiger partial charge in [-0.05, 0) is 31.9 Å². The Hall–Kier alpha value is -1.20. The van der Waals surface area contributed by atoms with Crippen LogP contribution in [0.25, 0.3) is 10.9 Å². The maximum Gasteiger partial charge on any atom is 0.261 e. The van der Waals surface area contributed by atoms with Gasteiger partial charge in [0.05, 0.1) is 16.3 Å². The third-order valence-corrected chi connectivity index (χ3v) is 5.49. The predicted molar refractivity (Wildman–Crippen MR) is 86.4 cm³/mol. The molecule has 1 aliphatic heterocycles. The van der Waals surface area contributed by atoms with Gasteiger partial charge >= 0.3 is 0 Å². The molecule has 112 valence electrons. The van der Waals surface area contributed by atoms with Crippen LogP contribution in [0.3, 0.4) is 0 Å². The molecule has 0 N–H and O–H groups in total. The van der Waals surface area contributed by atoms with Crippen LogP contribution in [0.1, 0.15) is 37.0 Å². The van der Waals surface area contributed by atoms with Crippen molar-refractivity contribution in [3.8, 4) is 0 Å². The second kappa shape index (κ2) is 5.89. The number of hydrogen-bond acceptors (Lipinski definition) is 3. The highest BCUT2D eigenvalue weighted by Crippen LogP contribution is 2.27. The summed E-state index contributed by atoms with van der Waals surface area (Å²) in [5.74, 6) is 1.89. The lowest BCUT2D eigenvalue weighted by Gasteiger charge is -2.26. The minimum Gasteiger partial charge on any atom is -0.292 e. The summed E-state index contributed by atoms with van der Waals surface area (Å²) < 4.78 is 13.3. The smallest absolute Gasteiger partial charge is 0.261 e. The van der Waals surface area contributed by atoms with Gasteiger partial charge in [0.2, 0.25) is 0 Å². The Labute approximate surface area is 130 Å². The molecule has 0 amide bonds. The lowest BCUT2D eigenvalue weighted by atomic mass is 10.1. The maximum absolute atomic E-state index is 12.8. The van der Waals surface area contributed by atoms with E-state index >= 15 is 0 Å². The lowest BCUT2D eigenvalue weighted by molar-refractivity contribution is 0.430. The second-order valence-corrected chi connectivity index (χ2v) is 7.71. The van der Waals surface area contributed by atoms with Crippen LogP contribution in [-0.4, -0.2) is 25.3 Å². The highest BCUT2D eigenvalue weighted by atomic mass is 35.5. The summed E-state index contributed by atoms with van der Waals surface area (Å²) in [5.41, 5.74) is 0.640. The van der Waals surface area contributed by atoms with E-state index in [1.807, 2.05) is 25.1 Å².